The summed E-state index contributed by atoms with van der Waals surface area (Å²) < 4.78 is 27.0. The van der Waals surface area contributed by atoms with Crippen molar-refractivity contribution in [2.45, 2.75) is 37.5 Å². The number of sulfonamides is 1. The highest BCUT2D eigenvalue weighted by Gasteiger charge is 2.34. The second kappa shape index (κ2) is 8.06. The lowest BCUT2D eigenvalue weighted by Gasteiger charge is -2.36. The van der Waals surface area contributed by atoms with Crippen molar-refractivity contribution in [3.8, 4) is 0 Å². The zero-order valence-electron chi connectivity index (χ0n) is 15.4. The summed E-state index contributed by atoms with van der Waals surface area (Å²) in [5.41, 5.74) is 6.75. The van der Waals surface area contributed by atoms with E-state index in [0.29, 0.717) is 43.3 Å². The van der Waals surface area contributed by atoms with Gasteiger partial charge in [-0.05, 0) is 57.2 Å². The van der Waals surface area contributed by atoms with Crippen LogP contribution in [0.15, 0.2) is 29.2 Å². The van der Waals surface area contributed by atoms with Gasteiger partial charge in [-0.3, -0.25) is 4.79 Å². The van der Waals surface area contributed by atoms with E-state index >= 15 is 0 Å². The van der Waals surface area contributed by atoms with Crippen molar-refractivity contribution >= 4 is 15.9 Å². The molecule has 26 heavy (non-hydrogen) atoms. The van der Waals surface area contributed by atoms with E-state index in [9.17, 15) is 13.2 Å². The zero-order chi connectivity index (χ0) is 18.7. The molecule has 2 aliphatic heterocycles. The van der Waals surface area contributed by atoms with Crippen LogP contribution < -0.4 is 5.73 Å². The number of piperidine rings is 2. The van der Waals surface area contributed by atoms with Gasteiger partial charge in [0.25, 0.3) is 0 Å². The number of amides is 1. The molecule has 1 amide bonds. The van der Waals surface area contributed by atoms with Gasteiger partial charge in [0.05, 0.1) is 4.90 Å². The van der Waals surface area contributed by atoms with Crippen molar-refractivity contribution in [2.24, 2.45) is 17.6 Å². The lowest BCUT2D eigenvalue weighted by atomic mass is 9.93. The average molecular weight is 380 g/mol. The summed E-state index contributed by atoms with van der Waals surface area (Å²) in [6, 6.07) is 6.94. The monoisotopic (exact) mass is 379 g/mol. The van der Waals surface area contributed by atoms with Gasteiger partial charge in [-0.1, -0.05) is 17.7 Å². The molecular weight excluding hydrogens is 350 g/mol. The van der Waals surface area contributed by atoms with Crippen molar-refractivity contribution < 1.29 is 13.2 Å². The van der Waals surface area contributed by atoms with E-state index in [-0.39, 0.29) is 11.8 Å². The Morgan fingerprint density at radius 2 is 1.62 bits per heavy atom. The summed E-state index contributed by atoms with van der Waals surface area (Å²) in [7, 11) is -3.47. The lowest BCUT2D eigenvalue weighted by molar-refractivity contribution is -0.138. The van der Waals surface area contributed by atoms with Crippen LogP contribution in [0.3, 0.4) is 0 Å². The van der Waals surface area contributed by atoms with E-state index in [0.717, 1.165) is 31.5 Å². The molecule has 1 aromatic carbocycles. The lowest BCUT2D eigenvalue weighted by Crippen LogP contribution is -2.47. The number of hydrogen-bond acceptors (Lipinski definition) is 4. The van der Waals surface area contributed by atoms with Crippen LogP contribution in [0.5, 0.6) is 0 Å². The fraction of sp³-hybridized carbons (Fsp3) is 0.632. The van der Waals surface area contributed by atoms with Crippen LogP contribution in [-0.4, -0.2) is 56.3 Å². The van der Waals surface area contributed by atoms with E-state index in [1.54, 1.807) is 12.1 Å². The number of carbonyl (C=O) groups excluding carboxylic acids is 1. The number of rotatable bonds is 4. The van der Waals surface area contributed by atoms with Crippen LogP contribution in [0.1, 0.15) is 31.2 Å². The number of hydrogen-bond donors (Lipinski definition) is 1. The maximum atomic E-state index is 12.8. The molecule has 2 aliphatic rings. The minimum atomic E-state index is -3.47. The highest BCUT2D eigenvalue weighted by atomic mass is 32.2. The first kappa shape index (κ1) is 19.3. The van der Waals surface area contributed by atoms with Crippen LogP contribution >= 0.6 is 0 Å². The van der Waals surface area contributed by atoms with Gasteiger partial charge in [-0.15, -0.1) is 0 Å². The molecule has 3 rings (SSSR count). The Bertz CT molecular complexity index is 717. The molecule has 0 spiro atoms. The molecule has 0 aromatic heterocycles. The van der Waals surface area contributed by atoms with Crippen LogP contribution in [0.4, 0.5) is 0 Å². The molecule has 2 fully saturated rings. The van der Waals surface area contributed by atoms with Gasteiger partial charge in [-0.2, -0.15) is 4.31 Å². The van der Waals surface area contributed by atoms with E-state index in [1.807, 2.05) is 24.0 Å². The smallest absolute Gasteiger partial charge is 0.243 e. The first-order chi connectivity index (χ1) is 12.4. The van der Waals surface area contributed by atoms with Crippen molar-refractivity contribution in [3.05, 3.63) is 29.8 Å². The Morgan fingerprint density at radius 1 is 1.04 bits per heavy atom. The Balaban J connectivity index is 1.57. The molecule has 0 saturated carbocycles. The Hall–Kier alpha value is -1.44. The minimum absolute atomic E-state index is 0.0612. The number of nitrogens with two attached hydrogens (primary N) is 1. The van der Waals surface area contributed by atoms with Gasteiger partial charge in [0.2, 0.25) is 15.9 Å². The fourth-order valence-corrected chi connectivity index (χ4v) is 5.32. The summed E-state index contributed by atoms with van der Waals surface area (Å²) in [6.07, 6.45) is 3.15. The second-order valence-electron chi connectivity index (χ2n) is 7.50. The highest BCUT2D eigenvalue weighted by Crippen LogP contribution is 2.27. The summed E-state index contributed by atoms with van der Waals surface area (Å²) in [4.78, 5) is 15.0. The largest absolute Gasteiger partial charge is 0.342 e. The van der Waals surface area contributed by atoms with Gasteiger partial charge in [0.1, 0.15) is 0 Å². The normalized spacial score (nSPS) is 21.1. The van der Waals surface area contributed by atoms with Crippen molar-refractivity contribution in [1.82, 2.24) is 9.21 Å². The van der Waals surface area contributed by atoms with Gasteiger partial charge >= 0.3 is 0 Å². The maximum Gasteiger partial charge on any atom is 0.243 e. The molecule has 6 nitrogen and oxygen atoms in total. The summed E-state index contributed by atoms with van der Waals surface area (Å²) in [6.45, 7) is 5.00. The third-order valence-electron chi connectivity index (χ3n) is 5.72. The van der Waals surface area contributed by atoms with E-state index in [2.05, 4.69) is 0 Å². The summed E-state index contributed by atoms with van der Waals surface area (Å²) in [5.74, 6) is 0.655. The van der Waals surface area contributed by atoms with Gasteiger partial charge < -0.3 is 10.6 Å². The molecule has 0 atom stereocenters. The number of carbonyl (C=O) groups is 1. The first-order valence-corrected chi connectivity index (χ1v) is 10.9. The van der Waals surface area contributed by atoms with E-state index in [1.165, 1.54) is 4.31 Å². The number of benzene rings is 1. The Kier molecular flexibility index (Phi) is 5.99. The summed E-state index contributed by atoms with van der Waals surface area (Å²) >= 11 is 0. The topological polar surface area (TPSA) is 83.7 Å². The second-order valence-corrected chi connectivity index (χ2v) is 9.43. The van der Waals surface area contributed by atoms with Gasteiger partial charge in [0, 0.05) is 32.1 Å². The molecule has 7 heteroatoms. The molecule has 1 aromatic rings. The third kappa shape index (κ3) is 4.10. The van der Waals surface area contributed by atoms with E-state index in [4.69, 9.17) is 5.73 Å². The molecule has 144 valence electrons. The zero-order valence-corrected chi connectivity index (χ0v) is 16.2. The highest BCUT2D eigenvalue weighted by molar-refractivity contribution is 7.89. The number of aryl methyl sites for hydroxylation is 1. The average Bonchev–Trinajstić information content (AvgIpc) is 2.68. The Labute approximate surface area is 156 Å². The van der Waals surface area contributed by atoms with Crippen molar-refractivity contribution in [3.63, 3.8) is 0 Å². The molecule has 0 bridgehead atoms. The molecule has 2 saturated heterocycles. The molecule has 0 aliphatic carbocycles. The number of nitrogens with zero attached hydrogens (tertiary/aromatic N) is 2. The molecular formula is C19H29N3O3S. The third-order valence-corrected chi connectivity index (χ3v) is 7.63. The standard InChI is InChI=1S/C19H29N3O3S/c1-15-2-4-18(5-3-15)26(24,25)22-12-8-17(9-13-22)19(23)21-10-6-16(14-20)7-11-21/h2-5,16-17H,6-14,20H2,1H3. The molecule has 2 N–H and O–H groups in total. The van der Waals surface area contributed by atoms with Crippen LogP contribution in [0.25, 0.3) is 0 Å². The fourth-order valence-electron chi connectivity index (χ4n) is 3.85. The van der Waals surface area contributed by atoms with Gasteiger partial charge in [0.15, 0.2) is 0 Å². The van der Waals surface area contributed by atoms with E-state index < -0.39 is 10.0 Å². The van der Waals surface area contributed by atoms with Gasteiger partial charge in [-0.25, -0.2) is 8.42 Å². The van der Waals surface area contributed by atoms with Crippen LogP contribution in [0, 0.1) is 18.8 Å². The molecule has 0 unspecified atom stereocenters. The predicted octanol–water partition coefficient (Wildman–Crippen LogP) is 1.59. The summed E-state index contributed by atoms with van der Waals surface area (Å²) in [5, 5.41) is 0. The van der Waals surface area contributed by atoms with Crippen LogP contribution in [0.2, 0.25) is 0 Å². The minimum Gasteiger partial charge on any atom is -0.342 e. The molecule has 0 radical (unpaired) electrons. The van der Waals surface area contributed by atoms with Crippen molar-refractivity contribution in [1.29, 1.82) is 0 Å². The maximum absolute atomic E-state index is 12.8. The quantitative estimate of drug-likeness (QED) is 0.861. The Morgan fingerprint density at radius 3 is 2.15 bits per heavy atom. The first-order valence-electron chi connectivity index (χ1n) is 9.47. The van der Waals surface area contributed by atoms with Crippen molar-refractivity contribution in [2.75, 3.05) is 32.7 Å². The predicted molar refractivity (Wildman–Crippen MR) is 101 cm³/mol. The SMILES string of the molecule is Cc1ccc(S(=O)(=O)N2CCC(C(=O)N3CCC(CN)CC3)CC2)cc1. The van der Waals surface area contributed by atoms with Crippen LogP contribution in [-0.2, 0) is 14.8 Å². The molecule has 2 heterocycles. The number of likely N-dealkylation sites (tertiary alicyclic amines) is 1.